The lowest BCUT2D eigenvalue weighted by Crippen LogP contribution is -2.52. The van der Waals surface area contributed by atoms with E-state index in [0.29, 0.717) is 6.54 Å². The number of rotatable bonds is 4. The first-order valence-electron chi connectivity index (χ1n) is 5.97. The summed E-state index contributed by atoms with van der Waals surface area (Å²) in [5, 5.41) is 8.93. The van der Waals surface area contributed by atoms with Crippen LogP contribution in [0.2, 0.25) is 0 Å². The summed E-state index contributed by atoms with van der Waals surface area (Å²) < 4.78 is 0. The van der Waals surface area contributed by atoms with Crippen LogP contribution in [0.5, 0.6) is 0 Å². The van der Waals surface area contributed by atoms with E-state index in [1.54, 1.807) is 0 Å². The topological polar surface area (TPSA) is 63.3 Å². The maximum absolute atomic E-state index is 10.9. The van der Waals surface area contributed by atoms with Crippen LogP contribution in [0.1, 0.15) is 31.7 Å². The molecule has 1 saturated carbocycles. The second-order valence-electron chi connectivity index (χ2n) is 5.55. The Bertz CT molecular complexity index is 407. The van der Waals surface area contributed by atoms with Gasteiger partial charge in [0.1, 0.15) is 0 Å². The van der Waals surface area contributed by atoms with Gasteiger partial charge < -0.3 is 10.8 Å². The molecule has 0 unspecified atom stereocenters. The maximum atomic E-state index is 10.9. The minimum Gasteiger partial charge on any atom is -0.481 e. The summed E-state index contributed by atoms with van der Waals surface area (Å²) >= 11 is 0. The van der Waals surface area contributed by atoms with Crippen molar-refractivity contribution in [2.75, 3.05) is 6.54 Å². The van der Waals surface area contributed by atoms with Crippen molar-refractivity contribution in [2.45, 2.75) is 31.6 Å². The van der Waals surface area contributed by atoms with Gasteiger partial charge in [-0.05, 0) is 35.8 Å². The average Bonchev–Trinajstić information content (AvgIpc) is 2.27. The van der Waals surface area contributed by atoms with Crippen molar-refractivity contribution in [3.8, 4) is 0 Å². The molecule has 0 radical (unpaired) electrons. The van der Waals surface area contributed by atoms with Crippen molar-refractivity contribution in [3.05, 3.63) is 35.9 Å². The van der Waals surface area contributed by atoms with Crippen LogP contribution >= 0.6 is 0 Å². The molecule has 3 heteroatoms. The quantitative estimate of drug-likeness (QED) is 0.837. The van der Waals surface area contributed by atoms with E-state index in [1.807, 2.05) is 18.2 Å². The van der Waals surface area contributed by atoms with E-state index < -0.39 is 5.97 Å². The summed E-state index contributed by atoms with van der Waals surface area (Å²) in [7, 11) is 0. The first-order chi connectivity index (χ1) is 8.00. The minimum atomic E-state index is -0.745. The number of aliphatic carboxylic acids is 1. The van der Waals surface area contributed by atoms with Gasteiger partial charge in [0.2, 0.25) is 0 Å². The van der Waals surface area contributed by atoms with Crippen LogP contribution in [-0.2, 0) is 10.2 Å². The Balaban J connectivity index is 2.12. The molecule has 0 saturated heterocycles. The molecule has 1 aliphatic rings. The highest BCUT2D eigenvalue weighted by molar-refractivity contribution is 5.68. The lowest BCUT2D eigenvalue weighted by Gasteiger charge is -2.54. The van der Waals surface area contributed by atoms with Crippen molar-refractivity contribution < 1.29 is 9.90 Å². The van der Waals surface area contributed by atoms with Gasteiger partial charge in [0.25, 0.3) is 0 Å². The number of hydrogen-bond donors (Lipinski definition) is 2. The van der Waals surface area contributed by atoms with Gasteiger partial charge in [0.05, 0.1) is 6.42 Å². The molecule has 1 fully saturated rings. The highest BCUT2D eigenvalue weighted by Crippen LogP contribution is 2.56. The van der Waals surface area contributed by atoms with Crippen LogP contribution < -0.4 is 5.73 Å². The largest absolute Gasteiger partial charge is 0.481 e. The first kappa shape index (κ1) is 12.1. The van der Waals surface area contributed by atoms with E-state index in [4.69, 9.17) is 10.8 Å². The van der Waals surface area contributed by atoms with Gasteiger partial charge in [-0.1, -0.05) is 37.3 Å². The van der Waals surface area contributed by atoms with Crippen molar-refractivity contribution in [1.82, 2.24) is 0 Å². The number of hydrogen-bond acceptors (Lipinski definition) is 2. The molecule has 0 amide bonds. The Labute approximate surface area is 102 Å². The molecule has 1 aliphatic carbocycles. The summed E-state index contributed by atoms with van der Waals surface area (Å²) in [5.74, 6) is -0.745. The van der Waals surface area contributed by atoms with Gasteiger partial charge in [-0.3, -0.25) is 4.79 Å². The Kier molecular flexibility index (Phi) is 2.96. The molecule has 1 aromatic rings. The third-order valence-electron chi connectivity index (χ3n) is 3.96. The molecular formula is C14H19NO2. The van der Waals surface area contributed by atoms with Crippen molar-refractivity contribution in [1.29, 1.82) is 0 Å². The molecular weight excluding hydrogens is 214 g/mol. The van der Waals surface area contributed by atoms with Gasteiger partial charge in [0, 0.05) is 0 Å². The molecule has 0 atom stereocenters. The smallest absolute Gasteiger partial charge is 0.303 e. The molecule has 0 spiro atoms. The highest BCUT2D eigenvalue weighted by atomic mass is 16.4. The van der Waals surface area contributed by atoms with Gasteiger partial charge >= 0.3 is 5.97 Å². The van der Waals surface area contributed by atoms with E-state index >= 15 is 0 Å². The molecule has 0 aromatic heterocycles. The Morgan fingerprint density at radius 3 is 2.41 bits per heavy atom. The fourth-order valence-corrected chi connectivity index (χ4v) is 3.31. The minimum absolute atomic E-state index is 0.0933. The van der Waals surface area contributed by atoms with Gasteiger partial charge in [-0.15, -0.1) is 0 Å². The number of carbonyl (C=O) groups is 1. The summed E-state index contributed by atoms with van der Waals surface area (Å²) in [5.41, 5.74) is 6.93. The van der Waals surface area contributed by atoms with Crippen LogP contribution in [0.4, 0.5) is 0 Å². The second-order valence-corrected chi connectivity index (χ2v) is 5.55. The first-order valence-corrected chi connectivity index (χ1v) is 5.97. The summed E-state index contributed by atoms with van der Waals surface area (Å²) in [6.07, 6.45) is 1.92. The van der Waals surface area contributed by atoms with Gasteiger partial charge in [-0.2, -0.15) is 0 Å². The lowest BCUT2D eigenvalue weighted by atomic mass is 9.50. The van der Waals surface area contributed by atoms with E-state index in [9.17, 15) is 4.79 Å². The predicted molar refractivity (Wildman–Crippen MR) is 66.8 cm³/mol. The zero-order chi connectivity index (χ0) is 12.5. The third-order valence-corrected chi connectivity index (χ3v) is 3.96. The van der Waals surface area contributed by atoms with Crippen LogP contribution in [-0.4, -0.2) is 17.6 Å². The number of carboxylic acids is 1. The van der Waals surface area contributed by atoms with Gasteiger partial charge in [0.15, 0.2) is 0 Å². The van der Waals surface area contributed by atoms with Crippen LogP contribution in [0.25, 0.3) is 0 Å². The monoisotopic (exact) mass is 233 g/mol. The van der Waals surface area contributed by atoms with Gasteiger partial charge in [-0.25, -0.2) is 0 Å². The summed E-state index contributed by atoms with van der Waals surface area (Å²) in [4.78, 5) is 10.9. The fourth-order valence-electron chi connectivity index (χ4n) is 3.31. The normalized spacial score (nSPS) is 31.9. The standard InChI is InChI=1S/C14H19NO2/c1-13(11-5-3-2-4-6-11)8-14(9-13,10-15)7-12(16)17/h2-6H,7-10,15H2,1H3,(H,16,17)/t13-,14+. The number of benzene rings is 1. The highest BCUT2D eigenvalue weighted by Gasteiger charge is 2.52. The predicted octanol–water partition coefficient (Wildman–Crippen LogP) is 2.16. The maximum Gasteiger partial charge on any atom is 0.303 e. The second kappa shape index (κ2) is 4.15. The van der Waals surface area contributed by atoms with Crippen LogP contribution in [0, 0.1) is 5.41 Å². The molecule has 2 rings (SSSR count). The van der Waals surface area contributed by atoms with E-state index in [2.05, 4.69) is 19.1 Å². The van der Waals surface area contributed by atoms with E-state index in [0.717, 1.165) is 12.8 Å². The molecule has 3 N–H and O–H groups in total. The summed E-state index contributed by atoms with van der Waals surface area (Å²) in [6, 6.07) is 10.3. The van der Waals surface area contributed by atoms with Crippen molar-refractivity contribution in [2.24, 2.45) is 11.1 Å². The zero-order valence-corrected chi connectivity index (χ0v) is 10.1. The summed E-state index contributed by atoms with van der Waals surface area (Å²) in [6.45, 7) is 2.65. The SMILES string of the molecule is C[C@]1(c2ccccc2)C[C@](CN)(CC(=O)O)C1. The molecule has 17 heavy (non-hydrogen) atoms. The third kappa shape index (κ3) is 2.20. The fraction of sp³-hybridized carbons (Fsp3) is 0.500. The van der Waals surface area contributed by atoms with Crippen molar-refractivity contribution in [3.63, 3.8) is 0 Å². The Morgan fingerprint density at radius 1 is 1.35 bits per heavy atom. The zero-order valence-electron chi connectivity index (χ0n) is 10.1. The average molecular weight is 233 g/mol. The lowest BCUT2D eigenvalue weighted by molar-refractivity contribution is -0.142. The molecule has 0 aliphatic heterocycles. The molecule has 3 nitrogen and oxygen atoms in total. The van der Waals surface area contributed by atoms with Crippen LogP contribution in [0.3, 0.4) is 0 Å². The number of nitrogens with two attached hydrogens (primary N) is 1. The molecule has 92 valence electrons. The van der Waals surface area contributed by atoms with Crippen LogP contribution in [0.15, 0.2) is 30.3 Å². The Hall–Kier alpha value is -1.35. The molecule has 1 aromatic carbocycles. The van der Waals surface area contributed by atoms with Crippen molar-refractivity contribution >= 4 is 5.97 Å². The molecule has 0 bridgehead atoms. The molecule has 0 heterocycles. The van der Waals surface area contributed by atoms with E-state index in [-0.39, 0.29) is 17.3 Å². The van der Waals surface area contributed by atoms with E-state index in [1.165, 1.54) is 5.56 Å². The Morgan fingerprint density at radius 2 is 1.94 bits per heavy atom. The number of carboxylic acid groups (broad SMARTS) is 1.